The van der Waals surface area contributed by atoms with Crippen molar-refractivity contribution in [2.75, 3.05) is 25.0 Å². The number of nitrogens with one attached hydrogen (secondary N) is 1. The van der Waals surface area contributed by atoms with Crippen LogP contribution in [0.4, 0.5) is 5.69 Å². The molecule has 4 heteroatoms. The van der Waals surface area contributed by atoms with Crippen LogP contribution in [0.3, 0.4) is 0 Å². The molecule has 1 amide bonds. The van der Waals surface area contributed by atoms with E-state index in [0.717, 1.165) is 18.7 Å². The predicted octanol–water partition coefficient (Wildman–Crippen LogP) is 2.81. The van der Waals surface area contributed by atoms with Crippen LogP contribution in [0.15, 0.2) is 24.3 Å². The van der Waals surface area contributed by atoms with Crippen LogP contribution in [-0.2, 0) is 4.79 Å². The second-order valence-electron chi connectivity index (χ2n) is 6.68. The van der Waals surface area contributed by atoms with Crippen molar-refractivity contribution in [3.63, 3.8) is 0 Å². The first-order chi connectivity index (χ1) is 10.5. The monoisotopic (exact) mass is 303 g/mol. The smallest absolute Gasteiger partial charge is 0.238 e. The molecule has 22 heavy (non-hydrogen) atoms. The summed E-state index contributed by atoms with van der Waals surface area (Å²) in [7, 11) is 0. The second-order valence-corrected chi connectivity index (χ2v) is 6.68. The SMILES string of the molecule is CC(C)c1ccccc1NC(=O)CN1CCCC(C)C1CN. The number of likely N-dealkylation sites (tertiary alicyclic amines) is 1. The molecule has 1 aromatic rings. The first-order valence-electron chi connectivity index (χ1n) is 8.35. The van der Waals surface area contributed by atoms with E-state index in [1.165, 1.54) is 12.0 Å². The van der Waals surface area contributed by atoms with E-state index in [1.807, 2.05) is 18.2 Å². The van der Waals surface area contributed by atoms with Gasteiger partial charge in [-0.2, -0.15) is 0 Å². The highest BCUT2D eigenvalue weighted by Crippen LogP contribution is 2.25. The topological polar surface area (TPSA) is 58.4 Å². The van der Waals surface area contributed by atoms with E-state index in [1.54, 1.807) is 0 Å². The summed E-state index contributed by atoms with van der Waals surface area (Å²) in [5, 5.41) is 3.08. The third-order valence-electron chi connectivity index (χ3n) is 4.68. The lowest BCUT2D eigenvalue weighted by atomic mass is 9.91. The van der Waals surface area contributed by atoms with Crippen LogP contribution in [0.1, 0.15) is 45.1 Å². The van der Waals surface area contributed by atoms with Gasteiger partial charge in [-0.15, -0.1) is 0 Å². The first-order valence-corrected chi connectivity index (χ1v) is 8.35. The van der Waals surface area contributed by atoms with Crippen LogP contribution < -0.4 is 11.1 Å². The minimum Gasteiger partial charge on any atom is -0.329 e. The summed E-state index contributed by atoms with van der Waals surface area (Å²) in [6.07, 6.45) is 2.35. The van der Waals surface area contributed by atoms with E-state index in [4.69, 9.17) is 5.73 Å². The molecule has 122 valence electrons. The quantitative estimate of drug-likeness (QED) is 0.879. The molecule has 4 nitrogen and oxygen atoms in total. The molecule has 1 aliphatic rings. The minimum absolute atomic E-state index is 0.0562. The molecule has 2 unspecified atom stereocenters. The summed E-state index contributed by atoms with van der Waals surface area (Å²) >= 11 is 0. The molecule has 3 N–H and O–H groups in total. The zero-order chi connectivity index (χ0) is 16.1. The number of nitrogens with zero attached hydrogens (tertiary/aromatic N) is 1. The van der Waals surface area contributed by atoms with Gasteiger partial charge in [0.2, 0.25) is 5.91 Å². The molecule has 1 heterocycles. The van der Waals surface area contributed by atoms with Gasteiger partial charge >= 0.3 is 0 Å². The number of piperidine rings is 1. The van der Waals surface area contributed by atoms with E-state index in [0.29, 0.717) is 31.0 Å². The molecule has 1 aliphatic heterocycles. The van der Waals surface area contributed by atoms with Gasteiger partial charge in [-0.1, -0.05) is 39.0 Å². The van der Waals surface area contributed by atoms with E-state index >= 15 is 0 Å². The fourth-order valence-corrected chi connectivity index (χ4v) is 3.40. The number of para-hydroxylation sites is 1. The Morgan fingerprint density at radius 1 is 1.41 bits per heavy atom. The zero-order valence-corrected chi connectivity index (χ0v) is 14.0. The number of nitrogens with two attached hydrogens (primary N) is 1. The van der Waals surface area contributed by atoms with Crippen molar-refractivity contribution >= 4 is 11.6 Å². The zero-order valence-electron chi connectivity index (χ0n) is 14.0. The lowest BCUT2D eigenvalue weighted by Gasteiger charge is -2.39. The van der Waals surface area contributed by atoms with Crippen LogP contribution in [0.5, 0.6) is 0 Å². The van der Waals surface area contributed by atoms with E-state index in [2.05, 4.69) is 37.1 Å². The minimum atomic E-state index is 0.0562. The highest BCUT2D eigenvalue weighted by molar-refractivity contribution is 5.93. The normalized spacial score (nSPS) is 22.8. The Labute approximate surface area is 134 Å². The molecule has 0 aliphatic carbocycles. The fraction of sp³-hybridized carbons (Fsp3) is 0.611. The lowest BCUT2D eigenvalue weighted by molar-refractivity contribution is -0.118. The van der Waals surface area contributed by atoms with Gasteiger partial charge in [-0.05, 0) is 42.9 Å². The molecule has 0 spiro atoms. The maximum absolute atomic E-state index is 12.4. The summed E-state index contributed by atoms with van der Waals surface area (Å²) in [6, 6.07) is 8.35. The highest BCUT2D eigenvalue weighted by Gasteiger charge is 2.28. The van der Waals surface area contributed by atoms with E-state index in [9.17, 15) is 4.79 Å². The van der Waals surface area contributed by atoms with Crippen molar-refractivity contribution in [1.82, 2.24) is 4.90 Å². The summed E-state index contributed by atoms with van der Waals surface area (Å²) < 4.78 is 0. The van der Waals surface area contributed by atoms with E-state index in [-0.39, 0.29) is 5.91 Å². The van der Waals surface area contributed by atoms with Crippen LogP contribution in [0.2, 0.25) is 0 Å². The molecule has 2 atom stereocenters. The van der Waals surface area contributed by atoms with Crippen LogP contribution in [0, 0.1) is 5.92 Å². The Kier molecular flexibility index (Phi) is 5.98. The maximum Gasteiger partial charge on any atom is 0.238 e. The number of anilines is 1. The lowest BCUT2D eigenvalue weighted by Crippen LogP contribution is -2.51. The van der Waals surface area contributed by atoms with Gasteiger partial charge in [-0.25, -0.2) is 0 Å². The van der Waals surface area contributed by atoms with E-state index < -0.39 is 0 Å². The van der Waals surface area contributed by atoms with Crippen molar-refractivity contribution in [3.05, 3.63) is 29.8 Å². The van der Waals surface area contributed by atoms with Gasteiger partial charge in [0, 0.05) is 18.3 Å². The first kappa shape index (κ1) is 17.0. The number of hydrogen-bond donors (Lipinski definition) is 2. The molecular weight excluding hydrogens is 274 g/mol. The average molecular weight is 303 g/mol. The molecule has 0 bridgehead atoms. The number of benzene rings is 1. The van der Waals surface area contributed by atoms with Crippen molar-refractivity contribution in [2.24, 2.45) is 11.7 Å². The standard InChI is InChI=1S/C18H29N3O/c1-13(2)15-8-4-5-9-16(15)20-18(22)12-21-10-6-7-14(3)17(21)11-19/h4-5,8-9,13-14,17H,6-7,10-12,19H2,1-3H3,(H,20,22). The number of carbonyl (C=O) groups excluding carboxylic acids is 1. The van der Waals surface area contributed by atoms with Crippen LogP contribution >= 0.6 is 0 Å². The molecule has 1 aromatic carbocycles. The summed E-state index contributed by atoms with van der Waals surface area (Å²) in [6.45, 7) is 8.53. The molecule has 1 fully saturated rings. The van der Waals surface area contributed by atoms with Gasteiger partial charge in [0.1, 0.15) is 0 Å². The third-order valence-corrected chi connectivity index (χ3v) is 4.68. The Hall–Kier alpha value is -1.39. The van der Waals surface area contributed by atoms with Crippen LogP contribution in [-0.4, -0.2) is 36.5 Å². The van der Waals surface area contributed by atoms with Crippen molar-refractivity contribution < 1.29 is 4.79 Å². The molecule has 0 aromatic heterocycles. The van der Waals surface area contributed by atoms with Crippen molar-refractivity contribution in [2.45, 2.75) is 45.6 Å². The van der Waals surface area contributed by atoms with Gasteiger partial charge in [0.05, 0.1) is 6.54 Å². The van der Waals surface area contributed by atoms with Gasteiger partial charge in [0.15, 0.2) is 0 Å². The van der Waals surface area contributed by atoms with Gasteiger partial charge in [0.25, 0.3) is 0 Å². The van der Waals surface area contributed by atoms with Gasteiger partial charge < -0.3 is 11.1 Å². The Morgan fingerprint density at radius 3 is 2.82 bits per heavy atom. The summed E-state index contributed by atoms with van der Waals surface area (Å²) in [5.74, 6) is 1.01. The Morgan fingerprint density at radius 2 is 2.14 bits per heavy atom. The number of amides is 1. The summed E-state index contributed by atoms with van der Waals surface area (Å²) in [5.41, 5.74) is 8.01. The summed E-state index contributed by atoms with van der Waals surface area (Å²) in [4.78, 5) is 14.7. The molecule has 1 saturated heterocycles. The number of rotatable bonds is 5. The van der Waals surface area contributed by atoms with Crippen LogP contribution in [0.25, 0.3) is 0 Å². The Bertz CT molecular complexity index is 501. The number of hydrogen-bond acceptors (Lipinski definition) is 3. The molecule has 0 radical (unpaired) electrons. The predicted molar refractivity (Wildman–Crippen MR) is 92.0 cm³/mol. The average Bonchev–Trinajstić information content (AvgIpc) is 2.47. The fourth-order valence-electron chi connectivity index (χ4n) is 3.40. The van der Waals surface area contributed by atoms with Crippen molar-refractivity contribution in [3.8, 4) is 0 Å². The maximum atomic E-state index is 12.4. The highest BCUT2D eigenvalue weighted by atomic mass is 16.2. The van der Waals surface area contributed by atoms with Crippen molar-refractivity contribution in [1.29, 1.82) is 0 Å². The Balaban J connectivity index is 2.01. The number of carbonyl (C=O) groups is 1. The van der Waals surface area contributed by atoms with Gasteiger partial charge in [-0.3, -0.25) is 9.69 Å². The third kappa shape index (κ3) is 4.08. The second kappa shape index (κ2) is 7.75. The largest absolute Gasteiger partial charge is 0.329 e. The molecule has 2 rings (SSSR count). The molecule has 0 saturated carbocycles. The molecular formula is C18H29N3O.